The molecule has 0 rings (SSSR count). The maximum atomic E-state index is 11.9. The topological polar surface area (TPSA) is 9.23 Å². The van der Waals surface area contributed by atoms with Gasteiger partial charge in [0.1, 0.15) is 6.42 Å². The summed E-state index contributed by atoms with van der Waals surface area (Å²) >= 11 is 21.4. The van der Waals surface area contributed by atoms with Crippen molar-refractivity contribution in [1.29, 1.82) is 0 Å². The van der Waals surface area contributed by atoms with E-state index in [4.69, 9.17) is 46.4 Å². The molecule has 0 heterocycles. The Bertz CT molecular complexity index is 192. The van der Waals surface area contributed by atoms with Crippen molar-refractivity contribution in [2.45, 2.75) is 35.0 Å². The summed E-state index contributed by atoms with van der Waals surface area (Å²) in [5.74, 6) is 0. The number of rotatable bonds is 4. The van der Waals surface area contributed by atoms with Crippen LogP contribution in [0, 0.1) is 0 Å². The normalized spacial score (nSPS) is 14.6. The van der Waals surface area contributed by atoms with Crippen molar-refractivity contribution < 1.29 is 17.9 Å². The fourth-order valence-electron chi connectivity index (χ4n) is 0.560. The van der Waals surface area contributed by atoms with E-state index in [0.29, 0.717) is 0 Å². The highest BCUT2D eigenvalue weighted by Crippen LogP contribution is 2.42. The minimum atomic E-state index is -4.55. The second kappa shape index (κ2) is 4.83. The van der Waals surface area contributed by atoms with E-state index in [2.05, 4.69) is 4.74 Å². The van der Waals surface area contributed by atoms with E-state index in [1.165, 1.54) is 6.92 Å². The minimum Gasteiger partial charge on any atom is -0.310 e. The van der Waals surface area contributed by atoms with Crippen LogP contribution in [0.15, 0.2) is 0 Å². The molecule has 1 nitrogen and oxygen atoms in total. The quantitative estimate of drug-likeness (QED) is 0.687. The van der Waals surface area contributed by atoms with Gasteiger partial charge >= 0.3 is 6.18 Å². The monoisotopic (exact) mass is 292 g/mol. The van der Waals surface area contributed by atoms with Crippen LogP contribution in [-0.2, 0) is 4.74 Å². The lowest BCUT2D eigenvalue weighted by atomic mass is 10.4. The first-order valence-electron chi connectivity index (χ1n) is 3.50. The lowest BCUT2D eigenvalue weighted by Gasteiger charge is -2.28. The van der Waals surface area contributed by atoms with Gasteiger partial charge in [0.05, 0.1) is 0 Å². The molecular weight excluding hydrogens is 287 g/mol. The average molecular weight is 294 g/mol. The Morgan fingerprint density at radius 1 is 1.00 bits per heavy atom. The zero-order chi connectivity index (χ0) is 11.6. The summed E-state index contributed by atoms with van der Waals surface area (Å²) in [5, 5.41) is 0. The summed E-state index contributed by atoms with van der Waals surface area (Å²) in [4.78, 5) is 0. The SMILES string of the molecule is CCC(Cl)(Cl)OC(Cl)(Cl)CC(F)(F)F. The summed E-state index contributed by atoms with van der Waals surface area (Å²) in [5.41, 5.74) is 0. The van der Waals surface area contributed by atoms with Gasteiger partial charge in [-0.15, -0.1) is 0 Å². The fraction of sp³-hybridized carbons (Fsp3) is 1.00. The molecule has 0 unspecified atom stereocenters. The second-order valence-corrected chi connectivity index (χ2v) is 5.35. The molecule has 0 spiro atoms. The van der Waals surface area contributed by atoms with Crippen molar-refractivity contribution in [3.05, 3.63) is 0 Å². The molecule has 86 valence electrons. The molecule has 14 heavy (non-hydrogen) atoms. The van der Waals surface area contributed by atoms with E-state index in [9.17, 15) is 13.2 Å². The van der Waals surface area contributed by atoms with Crippen LogP contribution in [0.3, 0.4) is 0 Å². The molecule has 0 bridgehead atoms. The van der Waals surface area contributed by atoms with Crippen molar-refractivity contribution >= 4 is 46.4 Å². The van der Waals surface area contributed by atoms with Crippen LogP contribution in [0.2, 0.25) is 0 Å². The molecule has 0 saturated heterocycles. The van der Waals surface area contributed by atoms with Crippen molar-refractivity contribution in [3.8, 4) is 0 Å². The third kappa shape index (κ3) is 7.23. The Morgan fingerprint density at radius 2 is 1.43 bits per heavy atom. The Balaban J connectivity index is 4.35. The van der Waals surface area contributed by atoms with E-state index in [1.807, 2.05) is 0 Å². The largest absolute Gasteiger partial charge is 0.394 e. The lowest BCUT2D eigenvalue weighted by molar-refractivity contribution is -0.160. The van der Waals surface area contributed by atoms with Crippen molar-refractivity contribution in [2.24, 2.45) is 0 Å². The Hall–Kier alpha value is 0.910. The predicted octanol–water partition coefficient (Wildman–Crippen LogP) is 4.63. The third-order valence-electron chi connectivity index (χ3n) is 1.12. The molecule has 0 fully saturated rings. The van der Waals surface area contributed by atoms with Gasteiger partial charge in [-0.25, -0.2) is 0 Å². The van der Waals surface area contributed by atoms with Gasteiger partial charge in [-0.2, -0.15) is 13.2 Å². The zero-order valence-electron chi connectivity index (χ0n) is 6.97. The van der Waals surface area contributed by atoms with Crippen LogP contribution in [0.1, 0.15) is 19.8 Å². The molecule has 0 aliphatic rings. The molecule has 8 heteroatoms. The van der Waals surface area contributed by atoms with Gasteiger partial charge in [0.25, 0.3) is 0 Å². The fourth-order valence-corrected chi connectivity index (χ4v) is 1.55. The molecule has 0 aromatic rings. The van der Waals surface area contributed by atoms with Gasteiger partial charge in [-0.05, 0) is 0 Å². The maximum Gasteiger partial charge on any atom is 0.394 e. The van der Waals surface area contributed by atoms with Crippen molar-refractivity contribution in [3.63, 3.8) is 0 Å². The Labute approximate surface area is 99.4 Å². The molecule has 0 aromatic heterocycles. The molecule has 0 N–H and O–H groups in total. The summed E-state index contributed by atoms with van der Waals surface area (Å²) in [6.45, 7) is 1.51. The van der Waals surface area contributed by atoms with E-state index >= 15 is 0 Å². The third-order valence-corrected chi connectivity index (χ3v) is 2.23. The van der Waals surface area contributed by atoms with Gasteiger partial charge in [0.15, 0.2) is 0 Å². The molecular formula is C6H7Cl4F3O. The van der Waals surface area contributed by atoms with Crippen molar-refractivity contribution in [2.75, 3.05) is 0 Å². The average Bonchev–Trinajstić information content (AvgIpc) is 1.78. The number of hydrogen-bond donors (Lipinski definition) is 0. The number of hydrogen-bond acceptors (Lipinski definition) is 1. The summed E-state index contributed by atoms with van der Waals surface area (Å²) in [7, 11) is 0. The Morgan fingerprint density at radius 3 is 1.71 bits per heavy atom. The van der Waals surface area contributed by atoms with Gasteiger partial charge in [0.2, 0.25) is 9.04 Å². The van der Waals surface area contributed by atoms with Crippen molar-refractivity contribution in [1.82, 2.24) is 0 Å². The van der Waals surface area contributed by atoms with Crippen LogP contribution in [-0.4, -0.2) is 15.2 Å². The molecule has 0 amide bonds. The van der Waals surface area contributed by atoms with E-state index < -0.39 is 21.6 Å². The first-order valence-corrected chi connectivity index (χ1v) is 5.01. The zero-order valence-corrected chi connectivity index (χ0v) is 9.99. The first kappa shape index (κ1) is 14.9. The highest BCUT2D eigenvalue weighted by molar-refractivity contribution is 6.50. The standard InChI is InChI=1S/C6H7Cl4F3O/c1-2-4(7,8)14-5(9,10)3-6(11,12)13/h2-3H2,1H3. The maximum absolute atomic E-state index is 11.9. The van der Waals surface area contributed by atoms with Gasteiger partial charge in [-0.1, -0.05) is 53.3 Å². The van der Waals surface area contributed by atoms with Crippen LogP contribution in [0.5, 0.6) is 0 Å². The van der Waals surface area contributed by atoms with E-state index in [-0.39, 0.29) is 6.42 Å². The van der Waals surface area contributed by atoms with Crippen LogP contribution >= 0.6 is 46.4 Å². The lowest BCUT2D eigenvalue weighted by Crippen LogP contribution is -2.33. The minimum absolute atomic E-state index is 0.0508. The molecule has 0 atom stereocenters. The highest BCUT2D eigenvalue weighted by atomic mass is 35.5. The van der Waals surface area contributed by atoms with E-state index in [1.54, 1.807) is 0 Å². The van der Waals surface area contributed by atoms with Crippen LogP contribution < -0.4 is 0 Å². The predicted molar refractivity (Wildman–Crippen MR) is 50.9 cm³/mol. The van der Waals surface area contributed by atoms with Gasteiger partial charge in [-0.3, -0.25) is 0 Å². The smallest absolute Gasteiger partial charge is 0.310 e. The summed E-state index contributed by atoms with van der Waals surface area (Å²) < 4.78 is 35.9. The van der Waals surface area contributed by atoms with Crippen LogP contribution in [0.4, 0.5) is 13.2 Å². The van der Waals surface area contributed by atoms with Crippen LogP contribution in [0.25, 0.3) is 0 Å². The molecule has 0 aliphatic carbocycles. The molecule has 0 radical (unpaired) electrons. The highest BCUT2D eigenvalue weighted by Gasteiger charge is 2.45. The Kier molecular flexibility index (Phi) is 5.14. The van der Waals surface area contributed by atoms with Gasteiger partial charge < -0.3 is 4.74 Å². The number of halogens is 7. The first-order chi connectivity index (χ1) is 5.97. The summed E-state index contributed by atoms with van der Waals surface area (Å²) in [6.07, 6.45) is -6.06. The number of ether oxygens (including phenoxy) is 1. The van der Waals surface area contributed by atoms with E-state index in [0.717, 1.165) is 0 Å². The molecule has 0 aliphatic heterocycles. The molecule has 0 aromatic carbocycles. The molecule has 0 saturated carbocycles. The second-order valence-electron chi connectivity index (χ2n) is 2.52. The van der Waals surface area contributed by atoms with Gasteiger partial charge in [0, 0.05) is 6.42 Å². The summed E-state index contributed by atoms with van der Waals surface area (Å²) in [6, 6.07) is 0. The number of alkyl halides is 7.